The lowest BCUT2D eigenvalue weighted by Crippen LogP contribution is -2.52. The number of halogens is 4. The molecule has 244 valence electrons. The van der Waals surface area contributed by atoms with Gasteiger partial charge in [0.1, 0.15) is 12.1 Å². The minimum atomic E-state index is -4.27. The predicted molar refractivity (Wildman–Crippen MR) is 180 cm³/mol. The Labute approximate surface area is 290 Å². The van der Waals surface area contributed by atoms with Crippen LogP contribution in [0.15, 0.2) is 90.1 Å². The number of aromatic nitrogens is 1. The van der Waals surface area contributed by atoms with Crippen molar-refractivity contribution in [3.63, 3.8) is 0 Å². The summed E-state index contributed by atoms with van der Waals surface area (Å²) < 4.78 is 28.8. The van der Waals surface area contributed by atoms with E-state index >= 15 is 0 Å². The van der Waals surface area contributed by atoms with Crippen LogP contribution in [0.3, 0.4) is 0 Å². The minimum Gasteiger partial charge on any atom is -0.480 e. The molecule has 15 heteroatoms. The van der Waals surface area contributed by atoms with Crippen LogP contribution >= 0.6 is 46.4 Å². The summed E-state index contributed by atoms with van der Waals surface area (Å²) in [6.07, 6.45) is 2.77. The number of nitrogens with zero attached hydrogens (tertiary/aromatic N) is 2. The van der Waals surface area contributed by atoms with Crippen molar-refractivity contribution in [2.45, 2.75) is 35.7 Å². The van der Waals surface area contributed by atoms with E-state index in [9.17, 15) is 27.9 Å². The quantitative estimate of drug-likeness (QED) is 0.173. The lowest BCUT2D eigenvalue weighted by molar-refractivity contribution is -0.142. The van der Waals surface area contributed by atoms with Crippen molar-refractivity contribution in [2.75, 3.05) is 11.9 Å². The van der Waals surface area contributed by atoms with Crippen LogP contribution in [0.2, 0.25) is 20.1 Å². The van der Waals surface area contributed by atoms with Gasteiger partial charge in [-0.2, -0.15) is 4.31 Å². The fourth-order valence-electron chi connectivity index (χ4n) is 5.45. The number of pyridine rings is 1. The highest BCUT2D eigenvalue weighted by Crippen LogP contribution is 2.38. The van der Waals surface area contributed by atoms with Gasteiger partial charge in [0.05, 0.1) is 20.5 Å². The van der Waals surface area contributed by atoms with Crippen LogP contribution in [-0.2, 0) is 26.0 Å². The van der Waals surface area contributed by atoms with Crippen molar-refractivity contribution in [2.24, 2.45) is 0 Å². The number of aliphatic carboxylic acids is 1. The number of anilines is 1. The van der Waals surface area contributed by atoms with Gasteiger partial charge in [-0.05, 0) is 47.9 Å². The van der Waals surface area contributed by atoms with E-state index in [1.54, 1.807) is 54.6 Å². The third-order valence-electron chi connectivity index (χ3n) is 7.64. The first kappa shape index (κ1) is 34.6. The smallest absolute Gasteiger partial charge is 0.326 e. The van der Waals surface area contributed by atoms with Crippen LogP contribution in [0.4, 0.5) is 5.69 Å². The van der Waals surface area contributed by atoms with E-state index in [0.717, 1.165) is 9.87 Å². The van der Waals surface area contributed by atoms with Crippen LogP contribution in [0.5, 0.6) is 0 Å². The zero-order valence-corrected chi connectivity index (χ0v) is 28.1. The minimum absolute atomic E-state index is 0.00491. The number of carboxylic acids is 1. The molecular weight excluding hydrogens is 710 g/mol. The number of hydrogen-bond donors (Lipinski definition) is 3. The fraction of sp³-hybridized carbons (Fsp3) is 0.188. The molecule has 0 saturated carbocycles. The van der Waals surface area contributed by atoms with Crippen molar-refractivity contribution in [3.05, 3.63) is 122 Å². The third kappa shape index (κ3) is 7.89. The third-order valence-corrected chi connectivity index (χ3v) is 10.5. The van der Waals surface area contributed by atoms with Gasteiger partial charge in [-0.15, -0.1) is 0 Å². The van der Waals surface area contributed by atoms with E-state index in [-0.39, 0.29) is 43.5 Å². The normalized spacial score (nSPS) is 17.2. The number of rotatable bonds is 10. The van der Waals surface area contributed by atoms with Crippen LogP contribution < -0.4 is 10.6 Å². The highest BCUT2D eigenvalue weighted by molar-refractivity contribution is 7.89. The summed E-state index contributed by atoms with van der Waals surface area (Å²) in [5.74, 6) is -3.20. The highest BCUT2D eigenvalue weighted by Gasteiger charge is 2.47. The molecule has 0 aliphatic carbocycles. The predicted octanol–water partition coefficient (Wildman–Crippen LogP) is 6.31. The monoisotopic (exact) mass is 734 g/mol. The van der Waals surface area contributed by atoms with Gasteiger partial charge in [0.15, 0.2) is 0 Å². The second-order valence-electron chi connectivity index (χ2n) is 10.7. The van der Waals surface area contributed by atoms with E-state index in [2.05, 4.69) is 15.6 Å². The molecule has 2 amide bonds. The lowest BCUT2D eigenvalue weighted by Gasteiger charge is -2.28. The average Bonchev–Trinajstić information content (AvgIpc) is 3.48. The van der Waals surface area contributed by atoms with Gasteiger partial charge in [0.2, 0.25) is 15.9 Å². The molecule has 0 radical (unpaired) electrons. The molecular formula is C32H26Cl4N4O6S. The standard InChI is InChI=1S/C32H26Cl4N4O6S/c33-20-13-21(34)15-23(14-20)47(45,46)40-11-10-24(19-4-2-1-3-5-19)29(40)31(42)39-27(32(43)44)12-18-6-8-22(9-7-18)38-30(41)28-25(35)16-37-17-26(28)36/h1-9,13-17,24,27,29H,10-12H2,(H,38,41)(H,39,42)(H,43,44)/t24?,27-,29+/m0/s1. The number of nitrogens with one attached hydrogen (secondary N) is 2. The fourth-order valence-corrected chi connectivity index (χ4v) is 8.35. The van der Waals surface area contributed by atoms with E-state index < -0.39 is 45.8 Å². The van der Waals surface area contributed by atoms with Gasteiger partial charge in [0, 0.05) is 47.0 Å². The van der Waals surface area contributed by atoms with Gasteiger partial charge in [0.25, 0.3) is 5.91 Å². The summed E-state index contributed by atoms with van der Waals surface area (Å²) in [7, 11) is -4.27. The van der Waals surface area contributed by atoms with Crippen molar-refractivity contribution < 1.29 is 27.9 Å². The summed E-state index contributed by atoms with van der Waals surface area (Å²) in [4.78, 5) is 42.6. The molecule has 0 bridgehead atoms. The number of sulfonamides is 1. The molecule has 0 spiro atoms. The Hall–Kier alpha value is -3.71. The van der Waals surface area contributed by atoms with Crippen LogP contribution in [0.25, 0.3) is 0 Å². The first-order valence-corrected chi connectivity index (χ1v) is 17.1. The van der Waals surface area contributed by atoms with E-state index in [4.69, 9.17) is 46.4 Å². The highest BCUT2D eigenvalue weighted by atomic mass is 35.5. The number of carbonyl (C=O) groups is 3. The number of carboxylic acid groups (broad SMARTS) is 1. The Bertz CT molecular complexity index is 1890. The molecule has 3 atom stereocenters. The summed E-state index contributed by atoms with van der Waals surface area (Å²) in [5, 5.41) is 15.7. The molecule has 1 aliphatic rings. The summed E-state index contributed by atoms with van der Waals surface area (Å²) in [6, 6.07) is 16.5. The lowest BCUT2D eigenvalue weighted by atomic mass is 9.91. The SMILES string of the molecule is O=C(Nc1ccc(C[C@H](NC(=O)[C@H]2C(c3ccccc3)CCN2S(=O)(=O)c2cc(Cl)cc(Cl)c2)C(=O)O)cc1)c1c(Cl)cncc1Cl. The second-order valence-corrected chi connectivity index (χ2v) is 14.3. The Kier molecular flexibility index (Phi) is 10.7. The van der Waals surface area contributed by atoms with Gasteiger partial charge >= 0.3 is 5.97 Å². The topological polar surface area (TPSA) is 146 Å². The Morgan fingerprint density at radius 2 is 1.53 bits per heavy atom. The summed E-state index contributed by atoms with van der Waals surface area (Å²) in [5.41, 5.74) is 1.70. The summed E-state index contributed by atoms with van der Waals surface area (Å²) >= 11 is 24.3. The number of amides is 2. The van der Waals surface area contributed by atoms with Crippen molar-refractivity contribution in [3.8, 4) is 0 Å². The number of hydrogen-bond acceptors (Lipinski definition) is 6. The molecule has 47 heavy (non-hydrogen) atoms. The average molecular weight is 736 g/mol. The maximum absolute atomic E-state index is 13.9. The zero-order chi connectivity index (χ0) is 33.9. The Morgan fingerprint density at radius 3 is 2.13 bits per heavy atom. The Balaban J connectivity index is 1.36. The molecule has 1 aliphatic heterocycles. The van der Waals surface area contributed by atoms with E-state index in [1.807, 2.05) is 0 Å². The molecule has 3 aromatic carbocycles. The second kappa shape index (κ2) is 14.6. The van der Waals surface area contributed by atoms with E-state index in [0.29, 0.717) is 17.7 Å². The molecule has 1 fully saturated rings. The number of benzene rings is 3. The van der Waals surface area contributed by atoms with Crippen molar-refractivity contribution in [1.82, 2.24) is 14.6 Å². The molecule has 1 unspecified atom stereocenters. The molecule has 1 saturated heterocycles. The maximum atomic E-state index is 13.9. The van der Waals surface area contributed by atoms with Gasteiger partial charge in [-0.25, -0.2) is 13.2 Å². The first-order chi connectivity index (χ1) is 22.3. The van der Waals surface area contributed by atoms with Gasteiger partial charge in [-0.1, -0.05) is 88.9 Å². The molecule has 10 nitrogen and oxygen atoms in total. The summed E-state index contributed by atoms with van der Waals surface area (Å²) in [6.45, 7) is 0.00491. The van der Waals surface area contributed by atoms with Crippen LogP contribution in [0, 0.1) is 0 Å². The zero-order valence-electron chi connectivity index (χ0n) is 24.2. The van der Waals surface area contributed by atoms with Crippen LogP contribution in [-0.4, -0.2) is 59.2 Å². The maximum Gasteiger partial charge on any atom is 0.326 e. The molecule has 1 aromatic heterocycles. The van der Waals surface area contributed by atoms with Gasteiger partial charge in [-0.3, -0.25) is 14.6 Å². The number of carbonyl (C=O) groups excluding carboxylic acids is 2. The largest absolute Gasteiger partial charge is 0.480 e. The van der Waals surface area contributed by atoms with Crippen molar-refractivity contribution >= 4 is 79.9 Å². The molecule has 5 rings (SSSR count). The molecule has 3 N–H and O–H groups in total. The molecule has 2 heterocycles. The Morgan fingerprint density at radius 1 is 0.915 bits per heavy atom. The molecule has 4 aromatic rings. The van der Waals surface area contributed by atoms with E-state index in [1.165, 1.54) is 30.6 Å². The van der Waals surface area contributed by atoms with Gasteiger partial charge < -0.3 is 15.7 Å². The van der Waals surface area contributed by atoms with Crippen LogP contribution in [0.1, 0.15) is 33.8 Å². The first-order valence-electron chi connectivity index (χ1n) is 14.1. The van der Waals surface area contributed by atoms with Crippen molar-refractivity contribution in [1.29, 1.82) is 0 Å².